The highest BCUT2D eigenvalue weighted by Gasteiger charge is 2.20. The van der Waals surface area contributed by atoms with E-state index in [1.54, 1.807) is 19.1 Å². The highest BCUT2D eigenvalue weighted by atomic mass is 32.2. The summed E-state index contributed by atoms with van der Waals surface area (Å²) >= 11 is 0. The van der Waals surface area contributed by atoms with Gasteiger partial charge in [-0.15, -0.1) is 0 Å². The maximum atomic E-state index is 11.9. The molecule has 1 aromatic rings. The first kappa shape index (κ1) is 15.1. The first-order valence-electron chi connectivity index (χ1n) is 5.53. The van der Waals surface area contributed by atoms with Crippen LogP contribution in [0.25, 0.3) is 0 Å². The average Bonchev–Trinajstić information content (AvgIpc) is 2.28. The van der Waals surface area contributed by atoms with E-state index in [1.807, 2.05) is 6.92 Å². The fraction of sp³-hybridized carbons (Fsp3) is 0.500. The number of benzene rings is 1. The molecule has 5 nitrogen and oxygen atoms in total. The summed E-state index contributed by atoms with van der Waals surface area (Å²) in [7, 11) is -2.35. The molecule has 0 aromatic heterocycles. The van der Waals surface area contributed by atoms with Gasteiger partial charge in [0.15, 0.2) is 12.6 Å². The van der Waals surface area contributed by atoms with Crippen LogP contribution in [0, 0.1) is 6.92 Å². The van der Waals surface area contributed by atoms with Gasteiger partial charge in [-0.25, -0.2) is 4.18 Å². The first-order chi connectivity index (χ1) is 8.35. The molecule has 0 heterocycles. The lowest BCUT2D eigenvalue weighted by Gasteiger charge is -2.17. The van der Waals surface area contributed by atoms with Gasteiger partial charge in [-0.2, -0.15) is 8.42 Å². The van der Waals surface area contributed by atoms with E-state index in [0.29, 0.717) is 0 Å². The van der Waals surface area contributed by atoms with Gasteiger partial charge in [-0.05, 0) is 32.9 Å². The standard InChI is InChI=1S/C12H18O5S/c1-9-5-7-12(8-6-9)18(13,14)17-11(3)16-10(2)15-4/h5-8,10-11H,1-4H3. The van der Waals surface area contributed by atoms with E-state index in [0.717, 1.165) is 5.56 Å². The summed E-state index contributed by atoms with van der Waals surface area (Å²) in [5.41, 5.74) is 0.978. The molecule has 2 atom stereocenters. The maximum absolute atomic E-state index is 11.9. The van der Waals surface area contributed by atoms with E-state index in [1.165, 1.54) is 26.2 Å². The number of ether oxygens (including phenoxy) is 2. The summed E-state index contributed by atoms with van der Waals surface area (Å²) in [6.45, 7) is 5.03. The lowest BCUT2D eigenvalue weighted by Crippen LogP contribution is -2.24. The Hall–Kier alpha value is -0.950. The topological polar surface area (TPSA) is 61.8 Å². The summed E-state index contributed by atoms with van der Waals surface area (Å²) in [5, 5.41) is 0. The molecule has 0 saturated heterocycles. The highest BCUT2D eigenvalue weighted by molar-refractivity contribution is 7.86. The molecule has 2 unspecified atom stereocenters. The zero-order valence-electron chi connectivity index (χ0n) is 10.9. The van der Waals surface area contributed by atoms with Crippen LogP contribution >= 0.6 is 0 Å². The van der Waals surface area contributed by atoms with Crippen molar-refractivity contribution in [2.75, 3.05) is 7.11 Å². The van der Waals surface area contributed by atoms with Crippen LogP contribution < -0.4 is 0 Å². The van der Waals surface area contributed by atoms with E-state index in [-0.39, 0.29) is 4.90 Å². The molecule has 0 radical (unpaired) electrons. The van der Waals surface area contributed by atoms with Crippen molar-refractivity contribution in [1.82, 2.24) is 0 Å². The van der Waals surface area contributed by atoms with Crippen molar-refractivity contribution >= 4 is 10.1 Å². The smallest absolute Gasteiger partial charge is 0.299 e. The largest absolute Gasteiger partial charge is 0.356 e. The Morgan fingerprint density at radius 3 is 2.11 bits per heavy atom. The van der Waals surface area contributed by atoms with Crippen molar-refractivity contribution in [3.05, 3.63) is 29.8 Å². The minimum atomic E-state index is -3.81. The van der Waals surface area contributed by atoms with Crippen molar-refractivity contribution in [3.8, 4) is 0 Å². The number of aryl methyl sites for hydroxylation is 1. The van der Waals surface area contributed by atoms with E-state index < -0.39 is 22.7 Å². The molecular formula is C12H18O5S. The fourth-order valence-electron chi connectivity index (χ4n) is 1.29. The molecule has 1 rings (SSSR count). The van der Waals surface area contributed by atoms with Gasteiger partial charge >= 0.3 is 0 Å². The number of methoxy groups -OCH3 is 1. The van der Waals surface area contributed by atoms with Gasteiger partial charge in [0.25, 0.3) is 10.1 Å². The summed E-state index contributed by atoms with van der Waals surface area (Å²) < 4.78 is 38.7. The molecule has 0 amide bonds. The molecule has 0 bridgehead atoms. The van der Waals surface area contributed by atoms with Gasteiger partial charge in [-0.1, -0.05) is 17.7 Å². The zero-order chi connectivity index (χ0) is 13.8. The summed E-state index contributed by atoms with van der Waals surface area (Å²) in [6, 6.07) is 6.41. The molecule has 0 spiro atoms. The Bertz CT molecular complexity index is 466. The van der Waals surface area contributed by atoms with Gasteiger partial charge in [0.1, 0.15) is 0 Å². The van der Waals surface area contributed by atoms with Crippen LogP contribution in [0.15, 0.2) is 29.2 Å². The normalized spacial score (nSPS) is 15.3. The number of hydrogen-bond acceptors (Lipinski definition) is 5. The second kappa shape index (κ2) is 6.29. The van der Waals surface area contributed by atoms with Crippen molar-refractivity contribution in [2.24, 2.45) is 0 Å². The van der Waals surface area contributed by atoms with Crippen molar-refractivity contribution in [1.29, 1.82) is 0 Å². The molecule has 102 valence electrons. The van der Waals surface area contributed by atoms with E-state index >= 15 is 0 Å². The van der Waals surface area contributed by atoms with Crippen LogP contribution in [0.5, 0.6) is 0 Å². The summed E-state index contributed by atoms with van der Waals surface area (Å²) in [4.78, 5) is 0.105. The average molecular weight is 274 g/mol. The summed E-state index contributed by atoms with van der Waals surface area (Å²) in [6.07, 6.45) is -1.44. The first-order valence-corrected chi connectivity index (χ1v) is 6.94. The van der Waals surface area contributed by atoms with Crippen molar-refractivity contribution < 1.29 is 22.1 Å². The molecule has 0 aliphatic heterocycles. The predicted octanol–water partition coefficient (Wildman–Crippen LogP) is 2.06. The monoisotopic (exact) mass is 274 g/mol. The molecule has 18 heavy (non-hydrogen) atoms. The molecule has 6 heteroatoms. The van der Waals surface area contributed by atoms with Gasteiger partial charge in [0, 0.05) is 7.11 Å². The summed E-state index contributed by atoms with van der Waals surface area (Å²) in [5.74, 6) is 0. The van der Waals surface area contributed by atoms with E-state index in [9.17, 15) is 8.42 Å². The van der Waals surface area contributed by atoms with Crippen LogP contribution in [0.4, 0.5) is 0 Å². The third kappa shape index (κ3) is 4.38. The fourth-order valence-corrected chi connectivity index (χ4v) is 2.27. The van der Waals surface area contributed by atoms with Crippen LogP contribution in [0.3, 0.4) is 0 Å². The molecule has 0 aliphatic carbocycles. The van der Waals surface area contributed by atoms with Crippen LogP contribution in [0.1, 0.15) is 19.4 Å². The SMILES string of the molecule is COC(C)OC(C)OS(=O)(=O)c1ccc(C)cc1. The minimum absolute atomic E-state index is 0.105. The molecule has 0 fully saturated rings. The molecule has 0 N–H and O–H groups in total. The maximum Gasteiger partial charge on any atom is 0.299 e. The van der Waals surface area contributed by atoms with E-state index in [4.69, 9.17) is 13.7 Å². The van der Waals surface area contributed by atoms with Crippen LogP contribution in [-0.2, 0) is 23.8 Å². The predicted molar refractivity (Wildman–Crippen MR) is 66.5 cm³/mol. The van der Waals surface area contributed by atoms with Crippen LogP contribution in [-0.4, -0.2) is 28.1 Å². The molecule has 0 saturated carbocycles. The Morgan fingerprint density at radius 1 is 1.06 bits per heavy atom. The van der Waals surface area contributed by atoms with Crippen molar-refractivity contribution in [2.45, 2.75) is 38.2 Å². The van der Waals surface area contributed by atoms with Gasteiger partial charge in [-0.3, -0.25) is 0 Å². The second-order valence-corrected chi connectivity index (χ2v) is 5.44. The van der Waals surface area contributed by atoms with Crippen LogP contribution in [0.2, 0.25) is 0 Å². The Morgan fingerprint density at radius 2 is 1.61 bits per heavy atom. The Kier molecular flexibility index (Phi) is 5.28. The van der Waals surface area contributed by atoms with Gasteiger partial charge in [0.05, 0.1) is 4.90 Å². The number of rotatable bonds is 6. The van der Waals surface area contributed by atoms with Gasteiger partial charge in [0.2, 0.25) is 0 Å². The molecule has 0 aliphatic rings. The Labute approximate surface area is 108 Å². The quantitative estimate of drug-likeness (QED) is 0.587. The Balaban J connectivity index is 2.73. The molecule has 1 aromatic carbocycles. The highest BCUT2D eigenvalue weighted by Crippen LogP contribution is 2.16. The lowest BCUT2D eigenvalue weighted by atomic mass is 10.2. The van der Waals surface area contributed by atoms with Gasteiger partial charge < -0.3 is 9.47 Å². The second-order valence-electron chi connectivity index (χ2n) is 3.87. The zero-order valence-corrected chi connectivity index (χ0v) is 11.7. The third-order valence-corrected chi connectivity index (χ3v) is 3.66. The lowest BCUT2D eigenvalue weighted by molar-refractivity contribution is -0.191. The number of hydrogen-bond donors (Lipinski definition) is 0. The third-order valence-electron chi connectivity index (χ3n) is 2.29. The van der Waals surface area contributed by atoms with Crippen molar-refractivity contribution in [3.63, 3.8) is 0 Å². The minimum Gasteiger partial charge on any atom is -0.356 e. The molecular weight excluding hydrogens is 256 g/mol. The van der Waals surface area contributed by atoms with E-state index in [2.05, 4.69) is 0 Å².